The van der Waals surface area contributed by atoms with E-state index in [1.165, 1.54) is 0 Å². The summed E-state index contributed by atoms with van der Waals surface area (Å²) in [7, 11) is 1.66. The fraction of sp³-hybridized carbons (Fsp3) is 0.360. The Kier molecular flexibility index (Phi) is 5.81. The number of ether oxygens (including phenoxy) is 1. The van der Waals surface area contributed by atoms with Gasteiger partial charge >= 0.3 is 0 Å². The number of nitrogens with zero attached hydrogens (tertiary/aromatic N) is 4. The molecule has 0 saturated heterocycles. The van der Waals surface area contributed by atoms with Crippen molar-refractivity contribution < 1.29 is 4.74 Å². The fourth-order valence-electron chi connectivity index (χ4n) is 4.36. The number of H-pyrrole nitrogens is 1. The molecule has 3 aromatic rings. The highest BCUT2D eigenvalue weighted by Gasteiger charge is 2.23. The number of fused-ring (bicyclic) bond motifs is 1. The van der Waals surface area contributed by atoms with Crippen molar-refractivity contribution in [3.05, 3.63) is 75.6 Å². The van der Waals surface area contributed by atoms with Gasteiger partial charge in [0.05, 0.1) is 35.5 Å². The third kappa shape index (κ3) is 4.34. The molecule has 7 nitrogen and oxygen atoms in total. The molecular weight excluding hydrogens is 402 g/mol. The molecule has 2 aromatic heterocycles. The van der Waals surface area contributed by atoms with Crippen LogP contribution in [0.3, 0.4) is 0 Å². The van der Waals surface area contributed by atoms with Crippen LogP contribution in [0.1, 0.15) is 42.0 Å². The zero-order valence-electron chi connectivity index (χ0n) is 18.3. The van der Waals surface area contributed by atoms with E-state index in [4.69, 9.17) is 14.7 Å². The second-order valence-corrected chi connectivity index (χ2v) is 8.33. The van der Waals surface area contributed by atoms with Crippen molar-refractivity contribution in [2.75, 3.05) is 20.2 Å². The van der Waals surface area contributed by atoms with Crippen molar-refractivity contribution in [2.24, 2.45) is 4.99 Å². The van der Waals surface area contributed by atoms with E-state index < -0.39 is 0 Å². The predicted molar refractivity (Wildman–Crippen MR) is 124 cm³/mol. The standard InChI is InChI=1S/C25H27N5O2/c1-32-19-10-8-17(9-11-19)21-7-4-5-18(27-21)15-30-14-12-22-20(16-30)25(31)29-24(28-22)23-6-2-3-13-26-23/h4-5,7-11H,2-3,6,12-16H2,1H3,(H,28,29,31). The highest BCUT2D eigenvalue weighted by atomic mass is 16.5. The van der Waals surface area contributed by atoms with Crippen LogP contribution in [0, 0.1) is 0 Å². The molecule has 32 heavy (non-hydrogen) atoms. The van der Waals surface area contributed by atoms with Crippen molar-refractivity contribution in [3.63, 3.8) is 0 Å². The first-order valence-electron chi connectivity index (χ1n) is 11.2. The summed E-state index contributed by atoms with van der Waals surface area (Å²) in [5.74, 6) is 1.49. The van der Waals surface area contributed by atoms with E-state index in [9.17, 15) is 4.79 Å². The average molecular weight is 430 g/mol. The van der Waals surface area contributed by atoms with Crippen molar-refractivity contribution in [2.45, 2.75) is 38.8 Å². The highest BCUT2D eigenvalue weighted by Crippen LogP contribution is 2.22. The van der Waals surface area contributed by atoms with Crippen LogP contribution in [0.15, 0.2) is 52.3 Å². The maximum absolute atomic E-state index is 12.8. The molecular formula is C25H27N5O2. The van der Waals surface area contributed by atoms with Gasteiger partial charge in [0.15, 0.2) is 5.82 Å². The second-order valence-electron chi connectivity index (χ2n) is 8.33. The number of pyridine rings is 1. The number of aliphatic imine (C=N–C) groups is 1. The number of benzene rings is 1. The molecule has 1 aromatic carbocycles. The molecule has 0 aliphatic carbocycles. The molecule has 4 heterocycles. The molecule has 2 aliphatic rings. The first kappa shape index (κ1) is 20.6. The Hall–Kier alpha value is -3.32. The first-order chi connectivity index (χ1) is 15.7. The van der Waals surface area contributed by atoms with Gasteiger partial charge in [0.2, 0.25) is 0 Å². The summed E-state index contributed by atoms with van der Waals surface area (Å²) in [5.41, 5.74) is 5.55. The molecule has 0 bridgehead atoms. The van der Waals surface area contributed by atoms with Gasteiger partial charge in [-0.1, -0.05) is 6.07 Å². The van der Waals surface area contributed by atoms with Gasteiger partial charge in [0.25, 0.3) is 5.56 Å². The lowest BCUT2D eigenvalue weighted by Crippen LogP contribution is -2.36. The van der Waals surface area contributed by atoms with E-state index >= 15 is 0 Å². The maximum Gasteiger partial charge on any atom is 0.255 e. The van der Waals surface area contributed by atoms with Gasteiger partial charge in [-0.25, -0.2) is 4.98 Å². The Morgan fingerprint density at radius 2 is 1.94 bits per heavy atom. The Labute approximate surface area is 187 Å². The van der Waals surface area contributed by atoms with Crippen LogP contribution in [0.25, 0.3) is 11.3 Å². The number of nitrogens with one attached hydrogen (secondary N) is 1. The van der Waals surface area contributed by atoms with Gasteiger partial charge < -0.3 is 9.72 Å². The summed E-state index contributed by atoms with van der Waals surface area (Å²) in [6.45, 7) is 2.95. The Morgan fingerprint density at radius 1 is 1.06 bits per heavy atom. The molecule has 0 amide bonds. The molecule has 0 saturated carbocycles. The van der Waals surface area contributed by atoms with Crippen LogP contribution in [0.5, 0.6) is 5.75 Å². The van der Waals surface area contributed by atoms with Gasteiger partial charge in [0.1, 0.15) is 5.75 Å². The van der Waals surface area contributed by atoms with Gasteiger partial charge in [0, 0.05) is 38.2 Å². The number of methoxy groups -OCH3 is 1. The molecule has 0 fully saturated rings. The van der Waals surface area contributed by atoms with Crippen molar-refractivity contribution in [3.8, 4) is 17.0 Å². The van der Waals surface area contributed by atoms with Gasteiger partial charge in [-0.05, 0) is 55.7 Å². The molecule has 5 rings (SSSR count). The van der Waals surface area contributed by atoms with E-state index in [1.54, 1.807) is 7.11 Å². The van der Waals surface area contributed by atoms with E-state index in [1.807, 2.05) is 42.5 Å². The molecule has 1 N–H and O–H groups in total. The molecule has 0 unspecified atom stereocenters. The van der Waals surface area contributed by atoms with E-state index in [-0.39, 0.29) is 5.56 Å². The van der Waals surface area contributed by atoms with Crippen LogP contribution in [-0.2, 0) is 19.5 Å². The Morgan fingerprint density at radius 3 is 2.72 bits per heavy atom. The topological polar surface area (TPSA) is 83.5 Å². The molecule has 0 radical (unpaired) electrons. The minimum absolute atomic E-state index is 0.0390. The van der Waals surface area contributed by atoms with E-state index in [0.717, 1.165) is 78.4 Å². The van der Waals surface area contributed by atoms with Gasteiger partial charge in [-0.2, -0.15) is 0 Å². The zero-order chi connectivity index (χ0) is 21.9. The molecule has 0 atom stereocenters. The van der Waals surface area contributed by atoms with Crippen LogP contribution in [-0.4, -0.2) is 45.8 Å². The van der Waals surface area contributed by atoms with Crippen molar-refractivity contribution >= 4 is 5.71 Å². The third-order valence-corrected chi connectivity index (χ3v) is 6.12. The van der Waals surface area contributed by atoms with Crippen LogP contribution in [0.2, 0.25) is 0 Å². The van der Waals surface area contributed by atoms with Crippen molar-refractivity contribution in [1.82, 2.24) is 19.9 Å². The minimum atomic E-state index is -0.0390. The summed E-state index contributed by atoms with van der Waals surface area (Å²) in [6.07, 6.45) is 3.87. The summed E-state index contributed by atoms with van der Waals surface area (Å²) in [4.78, 5) is 32.2. The normalized spacial score (nSPS) is 16.3. The largest absolute Gasteiger partial charge is 0.497 e. The SMILES string of the molecule is COc1ccc(-c2cccc(CN3CCc4nc(C5=NCCCC5)[nH]c(=O)c4C3)n2)cc1. The minimum Gasteiger partial charge on any atom is -0.497 e. The number of rotatable bonds is 5. The lowest BCUT2D eigenvalue weighted by atomic mass is 10.0. The highest BCUT2D eigenvalue weighted by molar-refractivity contribution is 5.97. The molecule has 2 aliphatic heterocycles. The van der Waals surface area contributed by atoms with Crippen LogP contribution < -0.4 is 10.3 Å². The Bertz CT molecular complexity index is 1200. The smallest absolute Gasteiger partial charge is 0.255 e. The molecule has 0 spiro atoms. The Balaban J connectivity index is 1.32. The monoisotopic (exact) mass is 429 g/mol. The maximum atomic E-state index is 12.8. The lowest BCUT2D eigenvalue weighted by molar-refractivity contribution is 0.239. The summed E-state index contributed by atoms with van der Waals surface area (Å²) in [5, 5.41) is 0. The second kappa shape index (κ2) is 9.04. The average Bonchev–Trinajstić information content (AvgIpc) is 2.85. The van der Waals surface area contributed by atoms with Gasteiger partial charge in [-0.3, -0.25) is 19.7 Å². The first-order valence-corrected chi connectivity index (χ1v) is 11.2. The lowest BCUT2D eigenvalue weighted by Gasteiger charge is -2.27. The summed E-state index contributed by atoms with van der Waals surface area (Å²) < 4.78 is 5.24. The third-order valence-electron chi connectivity index (χ3n) is 6.12. The number of hydrogen-bond acceptors (Lipinski definition) is 6. The van der Waals surface area contributed by atoms with Crippen LogP contribution in [0.4, 0.5) is 0 Å². The van der Waals surface area contributed by atoms with E-state index in [2.05, 4.69) is 14.9 Å². The van der Waals surface area contributed by atoms with Crippen LogP contribution >= 0.6 is 0 Å². The number of aromatic amines is 1. The van der Waals surface area contributed by atoms with Gasteiger partial charge in [-0.15, -0.1) is 0 Å². The number of hydrogen-bond donors (Lipinski definition) is 1. The fourth-order valence-corrected chi connectivity index (χ4v) is 4.36. The van der Waals surface area contributed by atoms with E-state index in [0.29, 0.717) is 18.9 Å². The molecule has 7 heteroatoms. The number of aromatic nitrogens is 3. The van der Waals surface area contributed by atoms with Crippen molar-refractivity contribution in [1.29, 1.82) is 0 Å². The summed E-state index contributed by atoms with van der Waals surface area (Å²) in [6, 6.07) is 14.0. The summed E-state index contributed by atoms with van der Waals surface area (Å²) >= 11 is 0. The quantitative estimate of drug-likeness (QED) is 0.672. The molecule has 164 valence electrons. The zero-order valence-corrected chi connectivity index (χ0v) is 18.3. The predicted octanol–water partition coefficient (Wildman–Crippen LogP) is 3.37.